The molecule has 21 heavy (non-hydrogen) atoms. The van der Waals surface area contributed by atoms with Crippen LogP contribution in [0.1, 0.15) is 39.2 Å². The number of anilines is 1. The summed E-state index contributed by atoms with van der Waals surface area (Å²) < 4.78 is 5.12. The Morgan fingerprint density at radius 3 is 2.57 bits per heavy atom. The number of rotatable bonds is 6. The van der Waals surface area contributed by atoms with E-state index in [4.69, 9.17) is 16.3 Å². The molecular formula is C16H22ClNO3. The molecule has 0 radical (unpaired) electrons. The normalized spacial score (nSPS) is 12.1. The van der Waals surface area contributed by atoms with Gasteiger partial charge in [0.25, 0.3) is 5.91 Å². The van der Waals surface area contributed by atoms with E-state index in [1.807, 2.05) is 26.8 Å². The lowest BCUT2D eigenvalue weighted by Crippen LogP contribution is -2.30. The second kappa shape index (κ2) is 8.03. The molecule has 1 aromatic carbocycles. The van der Waals surface area contributed by atoms with E-state index >= 15 is 0 Å². The van der Waals surface area contributed by atoms with Crippen LogP contribution in [0, 0.1) is 12.8 Å². The van der Waals surface area contributed by atoms with Crippen molar-refractivity contribution < 1.29 is 14.3 Å². The molecule has 4 nitrogen and oxygen atoms in total. The van der Waals surface area contributed by atoms with Crippen LogP contribution in [0.3, 0.4) is 0 Å². The third-order valence-corrected chi connectivity index (χ3v) is 3.30. The fourth-order valence-electron chi connectivity index (χ4n) is 1.68. The van der Waals surface area contributed by atoms with Gasteiger partial charge in [-0.2, -0.15) is 0 Å². The molecule has 0 aromatic heterocycles. The van der Waals surface area contributed by atoms with E-state index in [1.165, 1.54) is 0 Å². The first-order valence-electron chi connectivity index (χ1n) is 7.06. The molecule has 0 spiro atoms. The van der Waals surface area contributed by atoms with Crippen molar-refractivity contribution in [2.45, 2.75) is 46.6 Å². The van der Waals surface area contributed by atoms with Crippen LogP contribution in [-0.4, -0.2) is 18.0 Å². The second-order valence-corrected chi connectivity index (χ2v) is 5.95. The Bertz CT molecular complexity index is 514. The number of carbonyl (C=O) groups is 2. The Kier molecular flexibility index (Phi) is 6.69. The summed E-state index contributed by atoms with van der Waals surface area (Å²) in [7, 11) is 0. The number of amides is 1. The van der Waals surface area contributed by atoms with Gasteiger partial charge in [-0.05, 0) is 43.9 Å². The molecule has 5 heteroatoms. The van der Waals surface area contributed by atoms with Crippen molar-refractivity contribution in [2.24, 2.45) is 5.92 Å². The van der Waals surface area contributed by atoms with Crippen molar-refractivity contribution in [1.29, 1.82) is 0 Å². The van der Waals surface area contributed by atoms with Crippen LogP contribution in [0.5, 0.6) is 0 Å². The number of halogens is 1. The van der Waals surface area contributed by atoms with Gasteiger partial charge >= 0.3 is 5.97 Å². The average Bonchev–Trinajstić information content (AvgIpc) is 2.40. The molecule has 0 aliphatic carbocycles. The largest absolute Gasteiger partial charge is 0.453 e. The maximum Gasteiger partial charge on any atom is 0.306 e. The summed E-state index contributed by atoms with van der Waals surface area (Å²) >= 11 is 5.90. The molecule has 1 aromatic rings. The first kappa shape index (κ1) is 17.5. The number of nitrogens with one attached hydrogen (secondary N) is 1. The molecular weight excluding hydrogens is 290 g/mol. The van der Waals surface area contributed by atoms with E-state index in [9.17, 15) is 9.59 Å². The Labute approximate surface area is 130 Å². The summed E-state index contributed by atoms with van der Waals surface area (Å²) in [5.41, 5.74) is 1.52. The highest BCUT2D eigenvalue weighted by molar-refractivity contribution is 6.31. The highest BCUT2D eigenvalue weighted by Crippen LogP contribution is 2.20. The zero-order valence-corrected chi connectivity index (χ0v) is 13.7. The highest BCUT2D eigenvalue weighted by atomic mass is 35.5. The lowest BCUT2D eigenvalue weighted by atomic mass is 10.1. The van der Waals surface area contributed by atoms with Crippen LogP contribution in [0.25, 0.3) is 0 Å². The molecule has 0 saturated heterocycles. The summed E-state index contributed by atoms with van der Waals surface area (Å²) in [6, 6.07) is 5.24. The second-order valence-electron chi connectivity index (χ2n) is 5.51. The Morgan fingerprint density at radius 2 is 1.95 bits per heavy atom. The smallest absolute Gasteiger partial charge is 0.306 e. The van der Waals surface area contributed by atoms with Gasteiger partial charge in [0.05, 0.1) is 0 Å². The predicted octanol–water partition coefficient (Wildman–Crippen LogP) is 3.95. The third-order valence-electron chi connectivity index (χ3n) is 3.06. The first-order valence-corrected chi connectivity index (χ1v) is 7.44. The molecule has 1 N–H and O–H groups in total. The van der Waals surface area contributed by atoms with E-state index in [0.717, 1.165) is 12.0 Å². The molecule has 0 unspecified atom stereocenters. The van der Waals surface area contributed by atoms with E-state index in [2.05, 4.69) is 5.32 Å². The third kappa shape index (κ3) is 6.17. The van der Waals surface area contributed by atoms with Gasteiger partial charge in [-0.25, -0.2) is 0 Å². The molecule has 1 atom stereocenters. The van der Waals surface area contributed by atoms with Crippen LogP contribution in [0.2, 0.25) is 5.02 Å². The number of aryl methyl sites for hydroxylation is 1. The Hall–Kier alpha value is -1.55. The SMILES string of the molecule is Cc1ccc(Cl)cc1NC(=O)[C@@H](C)OC(=O)CCC(C)C. The summed E-state index contributed by atoms with van der Waals surface area (Å²) in [6.45, 7) is 7.49. The van der Waals surface area contributed by atoms with Gasteiger partial charge in [-0.3, -0.25) is 9.59 Å². The van der Waals surface area contributed by atoms with Crippen molar-refractivity contribution in [3.63, 3.8) is 0 Å². The van der Waals surface area contributed by atoms with E-state index in [1.54, 1.807) is 19.1 Å². The summed E-state index contributed by atoms with van der Waals surface area (Å²) in [5, 5.41) is 3.26. The van der Waals surface area contributed by atoms with E-state index in [0.29, 0.717) is 23.0 Å². The Morgan fingerprint density at radius 1 is 1.29 bits per heavy atom. The molecule has 116 valence electrons. The minimum atomic E-state index is -0.831. The number of benzene rings is 1. The molecule has 0 aliphatic rings. The predicted molar refractivity (Wildman–Crippen MR) is 84.4 cm³/mol. The average molecular weight is 312 g/mol. The van der Waals surface area contributed by atoms with Crippen molar-refractivity contribution in [1.82, 2.24) is 0 Å². The van der Waals surface area contributed by atoms with Gasteiger partial charge in [-0.1, -0.05) is 31.5 Å². The van der Waals surface area contributed by atoms with Crippen LogP contribution >= 0.6 is 11.6 Å². The Balaban J connectivity index is 2.54. The summed E-state index contributed by atoms with van der Waals surface area (Å²) in [4.78, 5) is 23.6. The van der Waals surface area contributed by atoms with Crippen molar-refractivity contribution in [3.05, 3.63) is 28.8 Å². The first-order chi connectivity index (χ1) is 9.79. The molecule has 1 amide bonds. The zero-order chi connectivity index (χ0) is 16.0. The molecule has 0 saturated carbocycles. The molecule has 0 heterocycles. The van der Waals surface area contributed by atoms with Crippen molar-refractivity contribution in [2.75, 3.05) is 5.32 Å². The minimum Gasteiger partial charge on any atom is -0.453 e. The lowest BCUT2D eigenvalue weighted by Gasteiger charge is -2.15. The lowest BCUT2D eigenvalue weighted by molar-refractivity contribution is -0.153. The maximum atomic E-state index is 12.0. The maximum absolute atomic E-state index is 12.0. The summed E-state index contributed by atoms with van der Waals surface area (Å²) in [6.07, 6.45) is 0.245. The van der Waals surface area contributed by atoms with Gasteiger partial charge in [0.15, 0.2) is 6.10 Å². The molecule has 0 fully saturated rings. The zero-order valence-electron chi connectivity index (χ0n) is 12.9. The van der Waals surface area contributed by atoms with Gasteiger partial charge < -0.3 is 10.1 Å². The minimum absolute atomic E-state index is 0.325. The van der Waals surface area contributed by atoms with Crippen LogP contribution in [0.4, 0.5) is 5.69 Å². The van der Waals surface area contributed by atoms with Gasteiger partial charge in [0.1, 0.15) is 0 Å². The number of esters is 1. The highest BCUT2D eigenvalue weighted by Gasteiger charge is 2.18. The number of ether oxygens (including phenoxy) is 1. The quantitative estimate of drug-likeness (QED) is 0.809. The van der Waals surface area contributed by atoms with Gasteiger partial charge in [-0.15, -0.1) is 0 Å². The van der Waals surface area contributed by atoms with Crippen LogP contribution < -0.4 is 5.32 Å². The van der Waals surface area contributed by atoms with Crippen LogP contribution in [0.15, 0.2) is 18.2 Å². The standard InChI is InChI=1S/C16H22ClNO3/c1-10(2)5-8-15(19)21-12(4)16(20)18-14-9-13(17)7-6-11(14)3/h6-7,9-10,12H,5,8H2,1-4H3,(H,18,20)/t12-/m1/s1. The van der Waals surface area contributed by atoms with Crippen LogP contribution in [-0.2, 0) is 14.3 Å². The molecule has 0 aliphatic heterocycles. The fourth-order valence-corrected chi connectivity index (χ4v) is 1.85. The number of carbonyl (C=O) groups excluding carboxylic acids is 2. The van der Waals surface area contributed by atoms with E-state index in [-0.39, 0.29) is 11.9 Å². The number of hydrogen-bond donors (Lipinski definition) is 1. The molecule has 0 bridgehead atoms. The number of hydrogen-bond acceptors (Lipinski definition) is 3. The topological polar surface area (TPSA) is 55.4 Å². The fraction of sp³-hybridized carbons (Fsp3) is 0.500. The van der Waals surface area contributed by atoms with E-state index < -0.39 is 6.10 Å². The summed E-state index contributed by atoms with van der Waals surface area (Å²) in [5.74, 6) is -0.289. The van der Waals surface area contributed by atoms with Crippen molar-refractivity contribution in [3.8, 4) is 0 Å². The monoisotopic (exact) mass is 311 g/mol. The van der Waals surface area contributed by atoms with Crippen molar-refractivity contribution >= 4 is 29.2 Å². The van der Waals surface area contributed by atoms with Gasteiger partial charge in [0, 0.05) is 17.1 Å². The molecule has 1 rings (SSSR count). The van der Waals surface area contributed by atoms with Gasteiger partial charge in [0.2, 0.25) is 0 Å².